The van der Waals surface area contributed by atoms with Gasteiger partial charge in [-0.2, -0.15) is 0 Å². The number of nitrogens with zero attached hydrogens (tertiary/aromatic N) is 1. The molecule has 2 aromatic rings. The van der Waals surface area contributed by atoms with Gasteiger partial charge in [0.2, 0.25) is 0 Å². The minimum absolute atomic E-state index is 0.0143. The van der Waals surface area contributed by atoms with Gasteiger partial charge in [-0.3, -0.25) is 14.5 Å². The molecule has 3 rings (SSSR count). The molecule has 0 aromatic heterocycles. The molecule has 4 N–H and O–H groups in total. The zero-order chi connectivity index (χ0) is 22.5. The highest BCUT2D eigenvalue weighted by molar-refractivity contribution is 9.11. The van der Waals surface area contributed by atoms with E-state index in [1.54, 1.807) is 41.3 Å². The Hall–Kier alpha value is -2.04. The van der Waals surface area contributed by atoms with Crippen LogP contribution in [0.2, 0.25) is 0 Å². The Kier molecular flexibility index (Phi) is 8.01. The molecular formula is C22H22Br2N2O5. The average molecular weight is 554 g/mol. The van der Waals surface area contributed by atoms with Gasteiger partial charge in [0.15, 0.2) is 5.78 Å². The van der Waals surface area contributed by atoms with Crippen molar-refractivity contribution >= 4 is 60.9 Å². The highest BCUT2D eigenvalue weighted by Gasteiger charge is 2.26. The van der Waals surface area contributed by atoms with E-state index in [0.717, 1.165) is 0 Å². The molecule has 1 aliphatic rings. The number of hydrogen-bond acceptors (Lipinski definition) is 6. The molecule has 2 aromatic carbocycles. The number of rotatable bonds is 9. The maximum Gasteiger partial charge on any atom is 0.256 e. The number of phenols is 1. The molecule has 7 nitrogen and oxygen atoms in total. The molecule has 1 heterocycles. The van der Waals surface area contributed by atoms with Crippen molar-refractivity contribution in [1.82, 2.24) is 4.90 Å². The van der Waals surface area contributed by atoms with E-state index in [-0.39, 0.29) is 37.2 Å². The van der Waals surface area contributed by atoms with Crippen molar-refractivity contribution in [3.63, 3.8) is 0 Å². The number of anilines is 1. The first kappa shape index (κ1) is 23.6. The highest BCUT2D eigenvalue weighted by Crippen LogP contribution is 2.37. The number of benzene rings is 2. The largest absolute Gasteiger partial charge is 0.506 e. The normalized spacial score (nSPS) is 14.2. The van der Waals surface area contributed by atoms with Gasteiger partial charge in [-0.25, -0.2) is 0 Å². The number of nitrogens with one attached hydrogen (secondary N) is 1. The number of amides is 1. The summed E-state index contributed by atoms with van der Waals surface area (Å²) in [4.78, 5) is 27.1. The summed E-state index contributed by atoms with van der Waals surface area (Å²) in [5.74, 6) is -0.340. The maximum absolute atomic E-state index is 12.8. The van der Waals surface area contributed by atoms with E-state index < -0.39 is 0 Å². The Morgan fingerprint density at radius 1 is 1.06 bits per heavy atom. The second-order valence-electron chi connectivity index (χ2n) is 7.11. The summed E-state index contributed by atoms with van der Waals surface area (Å²) in [7, 11) is 0. The fraction of sp³-hybridized carbons (Fsp3) is 0.273. The molecule has 0 bridgehead atoms. The number of phenolic OH excluding ortho intramolecular Hbond substituents is 1. The number of aliphatic hydroxyl groups is 2. The minimum atomic E-state index is -0.273. The Labute approximate surface area is 196 Å². The Morgan fingerprint density at radius 2 is 1.77 bits per heavy atom. The van der Waals surface area contributed by atoms with E-state index in [9.17, 15) is 19.8 Å². The third kappa shape index (κ3) is 5.61. The smallest absolute Gasteiger partial charge is 0.256 e. The van der Waals surface area contributed by atoms with Crippen molar-refractivity contribution in [3.8, 4) is 5.75 Å². The molecule has 0 radical (unpaired) electrons. The second kappa shape index (κ2) is 10.5. The van der Waals surface area contributed by atoms with Crippen LogP contribution in [0.15, 0.2) is 39.3 Å². The van der Waals surface area contributed by atoms with E-state index in [2.05, 4.69) is 37.2 Å². The second-order valence-corrected chi connectivity index (χ2v) is 8.81. The summed E-state index contributed by atoms with van der Waals surface area (Å²) in [5.41, 5.74) is 2.82. The molecular weight excluding hydrogens is 532 g/mol. The molecule has 0 fully saturated rings. The van der Waals surface area contributed by atoms with E-state index in [4.69, 9.17) is 5.11 Å². The molecule has 9 heteroatoms. The topological polar surface area (TPSA) is 110 Å². The first-order valence-electron chi connectivity index (χ1n) is 9.66. The third-order valence-electron chi connectivity index (χ3n) is 4.89. The van der Waals surface area contributed by atoms with Crippen molar-refractivity contribution in [2.24, 2.45) is 0 Å². The first-order valence-corrected chi connectivity index (χ1v) is 11.3. The zero-order valence-electron chi connectivity index (χ0n) is 16.6. The van der Waals surface area contributed by atoms with Crippen LogP contribution in [-0.4, -0.2) is 64.8 Å². The number of fused-ring (bicyclic) bond motifs is 1. The molecule has 1 amide bonds. The van der Waals surface area contributed by atoms with Gasteiger partial charge in [0, 0.05) is 42.1 Å². The molecule has 0 atom stereocenters. The van der Waals surface area contributed by atoms with Crippen LogP contribution in [0, 0.1) is 0 Å². The average Bonchev–Trinajstić information content (AvgIpc) is 3.04. The molecule has 0 saturated heterocycles. The van der Waals surface area contributed by atoms with Crippen LogP contribution in [0.3, 0.4) is 0 Å². The number of carbonyl (C=O) groups is 2. The van der Waals surface area contributed by atoms with Crippen LogP contribution in [0.4, 0.5) is 5.69 Å². The van der Waals surface area contributed by atoms with Crippen LogP contribution < -0.4 is 5.32 Å². The van der Waals surface area contributed by atoms with Crippen molar-refractivity contribution in [1.29, 1.82) is 0 Å². The zero-order valence-corrected chi connectivity index (χ0v) is 19.7. The van der Waals surface area contributed by atoms with Crippen LogP contribution in [-0.2, 0) is 4.79 Å². The van der Waals surface area contributed by atoms with Gasteiger partial charge in [0.1, 0.15) is 5.75 Å². The number of ketones is 1. The van der Waals surface area contributed by atoms with Crippen molar-refractivity contribution < 1.29 is 24.9 Å². The van der Waals surface area contributed by atoms with Crippen LogP contribution in [0.25, 0.3) is 11.6 Å². The lowest BCUT2D eigenvalue weighted by Gasteiger charge is -2.20. The number of aliphatic hydroxyl groups excluding tert-OH is 2. The Balaban J connectivity index is 1.89. The summed E-state index contributed by atoms with van der Waals surface area (Å²) < 4.78 is 0.978. The number of hydrogen-bond donors (Lipinski definition) is 4. The molecule has 0 saturated carbocycles. The third-order valence-corrected chi connectivity index (χ3v) is 6.10. The predicted molar refractivity (Wildman–Crippen MR) is 126 cm³/mol. The van der Waals surface area contributed by atoms with Crippen molar-refractivity contribution in [2.75, 3.05) is 38.2 Å². The monoisotopic (exact) mass is 552 g/mol. The standard InChI is InChI=1S/C22H22Br2N2O5/c23-17-9-13(10-18(24)21(17)30)8-16-15-11-14(2-3-19(15)25-22(16)31)20(29)12-26(5-7-28)4-1-6-27/h2-3,8-11,27-28,30H,1,4-7,12H2,(H,25,31). The van der Waals surface area contributed by atoms with Gasteiger partial charge < -0.3 is 20.6 Å². The van der Waals surface area contributed by atoms with Crippen LogP contribution in [0.1, 0.15) is 27.9 Å². The van der Waals surface area contributed by atoms with Crippen molar-refractivity contribution in [2.45, 2.75) is 6.42 Å². The van der Waals surface area contributed by atoms with Crippen LogP contribution in [0.5, 0.6) is 5.75 Å². The fourth-order valence-electron chi connectivity index (χ4n) is 3.34. The minimum Gasteiger partial charge on any atom is -0.506 e. The van der Waals surface area contributed by atoms with E-state index in [1.165, 1.54) is 0 Å². The van der Waals surface area contributed by atoms with E-state index in [0.29, 0.717) is 56.4 Å². The predicted octanol–water partition coefficient (Wildman–Crippen LogP) is 3.27. The van der Waals surface area contributed by atoms with Gasteiger partial charge >= 0.3 is 0 Å². The van der Waals surface area contributed by atoms with E-state index >= 15 is 0 Å². The summed E-state index contributed by atoms with van der Waals surface area (Å²) in [6.07, 6.45) is 2.21. The molecule has 31 heavy (non-hydrogen) atoms. The highest BCUT2D eigenvalue weighted by atomic mass is 79.9. The molecule has 0 spiro atoms. The van der Waals surface area contributed by atoms with Gasteiger partial charge in [-0.05, 0) is 80.3 Å². The molecule has 1 aliphatic heterocycles. The number of aromatic hydroxyl groups is 1. The lowest BCUT2D eigenvalue weighted by molar-refractivity contribution is -0.110. The molecule has 0 aliphatic carbocycles. The van der Waals surface area contributed by atoms with Gasteiger partial charge in [0.05, 0.1) is 22.1 Å². The van der Waals surface area contributed by atoms with Crippen molar-refractivity contribution in [3.05, 3.63) is 56.0 Å². The van der Waals surface area contributed by atoms with Crippen LogP contribution >= 0.6 is 31.9 Å². The van der Waals surface area contributed by atoms with Gasteiger partial charge in [0.25, 0.3) is 5.91 Å². The SMILES string of the molecule is O=C1Nc2ccc(C(=O)CN(CCO)CCCO)cc2C1=Cc1cc(Br)c(O)c(Br)c1. The summed E-state index contributed by atoms with van der Waals surface area (Å²) in [5, 5.41) is 30.9. The fourth-order valence-corrected chi connectivity index (χ4v) is 4.56. The maximum atomic E-state index is 12.8. The lowest BCUT2D eigenvalue weighted by atomic mass is 10.00. The Bertz CT molecular complexity index is 1020. The first-order chi connectivity index (χ1) is 14.8. The lowest BCUT2D eigenvalue weighted by Crippen LogP contribution is -2.33. The summed E-state index contributed by atoms with van der Waals surface area (Å²) in [6.45, 7) is 0.889. The van der Waals surface area contributed by atoms with Gasteiger partial charge in [-0.15, -0.1) is 0 Å². The molecule has 0 unspecified atom stereocenters. The summed E-state index contributed by atoms with van der Waals surface area (Å²) >= 11 is 6.57. The summed E-state index contributed by atoms with van der Waals surface area (Å²) in [6, 6.07) is 8.45. The quantitative estimate of drug-likeness (QED) is 0.280. The number of halogens is 2. The number of Topliss-reactive ketones (excluding diaryl/α,β-unsaturated/α-hetero) is 1. The van der Waals surface area contributed by atoms with E-state index in [1.807, 2.05) is 0 Å². The Morgan fingerprint density at radius 3 is 2.42 bits per heavy atom. The molecule has 164 valence electrons. The van der Waals surface area contributed by atoms with Gasteiger partial charge in [-0.1, -0.05) is 0 Å². The number of carbonyl (C=O) groups excluding carboxylic acids is 2.